The fraction of sp³-hybridized carbons (Fsp3) is 0.381. The highest BCUT2D eigenvalue weighted by Crippen LogP contribution is 2.21. The molecule has 1 N–H and O–H groups in total. The summed E-state index contributed by atoms with van der Waals surface area (Å²) in [5, 5.41) is 3.26. The second-order valence-electron chi connectivity index (χ2n) is 6.53. The van der Waals surface area contributed by atoms with Crippen LogP contribution < -0.4 is 10.1 Å². The van der Waals surface area contributed by atoms with Gasteiger partial charge in [0.05, 0.1) is 0 Å². The number of rotatable bonds is 6. The van der Waals surface area contributed by atoms with E-state index in [2.05, 4.69) is 23.5 Å². The first-order chi connectivity index (χ1) is 12.3. The fourth-order valence-electron chi connectivity index (χ4n) is 3.28. The highest BCUT2D eigenvalue weighted by molar-refractivity contribution is 5.78. The third kappa shape index (κ3) is 4.83. The van der Waals surface area contributed by atoms with E-state index in [0.717, 1.165) is 43.7 Å². The van der Waals surface area contributed by atoms with Crippen LogP contribution in [0.15, 0.2) is 54.6 Å². The zero-order chi connectivity index (χ0) is 17.5. The average Bonchev–Trinajstić information content (AvgIpc) is 2.68. The smallest absolute Gasteiger partial charge is 0.260 e. The van der Waals surface area contributed by atoms with Gasteiger partial charge >= 0.3 is 0 Å². The van der Waals surface area contributed by atoms with Gasteiger partial charge in [-0.2, -0.15) is 0 Å². The first-order valence-electron chi connectivity index (χ1n) is 8.96. The number of carbonyl (C=O) groups excluding carboxylic acids is 1. The number of benzene rings is 2. The topological polar surface area (TPSA) is 41.6 Å². The van der Waals surface area contributed by atoms with Crippen molar-refractivity contribution in [2.45, 2.75) is 25.3 Å². The second kappa shape index (κ2) is 8.67. The van der Waals surface area contributed by atoms with E-state index in [4.69, 9.17) is 4.74 Å². The van der Waals surface area contributed by atoms with Gasteiger partial charge in [0, 0.05) is 25.6 Å². The highest BCUT2D eigenvalue weighted by Gasteiger charge is 2.22. The maximum Gasteiger partial charge on any atom is 0.260 e. The summed E-state index contributed by atoms with van der Waals surface area (Å²) in [6.45, 7) is 1.69. The number of amides is 1. The minimum Gasteiger partial charge on any atom is -0.483 e. The van der Waals surface area contributed by atoms with E-state index < -0.39 is 0 Å². The molecule has 0 saturated carbocycles. The quantitative estimate of drug-likeness (QED) is 0.881. The number of hydrogen-bond acceptors (Lipinski definition) is 3. The van der Waals surface area contributed by atoms with Crippen molar-refractivity contribution in [3.05, 3.63) is 65.7 Å². The Morgan fingerprint density at radius 1 is 1.16 bits per heavy atom. The molecule has 0 aliphatic carbocycles. The molecule has 0 bridgehead atoms. The van der Waals surface area contributed by atoms with Crippen molar-refractivity contribution in [2.75, 3.05) is 26.7 Å². The van der Waals surface area contributed by atoms with Gasteiger partial charge in [0.25, 0.3) is 5.91 Å². The van der Waals surface area contributed by atoms with Crippen molar-refractivity contribution < 1.29 is 9.53 Å². The molecule has 2 aromatic rings. The van der Waals surface area contributed by atoms with E-state index in [0.29, 0.717) is 6.04 Å². The lowest BCUT2D eigenvalue weighted by atomic mass is 10.0. The Labute approximate surface area is 149 Å². The number of ether oxygens (including phenoxy) is 1. The van der Waals surface area contributed by atoms with Crippen molar-refractivity contribution in [1.82, 2.24) is 10.2 Å². The molecule has 1 aliphatic heterocycles. The van der Waals surface area contributed by atoms with Crippen LogP contribution in [0.2, 0.25) is 0 Å². The number of para-hydroxylation sites is 1. The van der Waals surface area contributed by atoms with Crippen LogP contribution in [0.25, 0.3) is 0 Å². The Kier molecular flexibility index (Phi) is 6.07. The third-order valence-electron chi connectivity index (χ3n) is 4.74. The van der Waals surface area contributed by atoms with E-state index in [9.17, 15) is 4.79 Å². The van der Waals surface area contributed by atoms with Crippen LogP contribution in [0.1, 0.15) is 24.0 Å². The Bertz CT molecular complexity index is 687. The summed E-state index contributed by atoms with van der Waals surface area (Å²) in [4.78, 5) is 14.4. The molecule has 1 saturated heterocycles. The predicted molar refractivity (Wildman–Crippen MR) is 99.8 cm³/mol. The number of hydrogen-bond donors (Lipinski definition) is 1. The molecule has 0 radical (unpaired) electrons. The van der Waals surface area contributed by atoms with Gasteiger partial charge in [0.15, 0.2) is 6.61 Å². The van der Waals surface area contributed by atoms with E-state index in [1.807, 2.05) is 48.3 Å². The molecule has 0 aromatic heterocycles. The summed E-state index contributed by atoms with van der Waals surface area (Å²) in [6, 6.07) is 18.7. The van der Waals surface area contributed by atoms with E-state index in [1.165, 1.54) is 5.56 Å². The Morgan fingerprint density at radius 3 is 2.72 bits per heavy atom. The predicted octanol–water partition coefficient (Wildman–Crippen LogP) is 2.87. The molecule has 4 nitrogen and oxygen atoms in total. The molecule has 132 valence electrons. The van der Waals surface area contributed by atoms with Crippen LogP contribution >= 0.6 is 0 Å². The summed E-state index contributed by atoms with van der Waals surface area (Å²) in [5.41, 5.74) is 2.34. The second-order valence-corrected chi connectivity index (χ2v) is 6.53. The Hall–Kier alpha value is -2.33. The normalized spacial score (nSPS) is 17.3. The number of nitrogens with zero attached hydrogens (tertiary/aromatic N) is 1. The molecule has 1 aliphatic rings. The largest absolute Gasteiger partial charge is 0.483 e. The molecule has 3 rings (SSSR count). The summed E-state index contributed by atoms with van der Waals surface area (Å²) in [7, 11) is 1.95. The van der Waals surface area contributed by atoms with Crippen LogP contribution in [0.4, 0.5) is 0 Å². The monoisotopic (exact) mass is 338 g/mol. The first kappa shape index (κ1) is 17.5. The minimum absolute atomic E-state index is 0.0643. The molecule has 25 heavy (non-hydrogen) atoms. The average molecular weight is 338 g/mol. The molecule has 1 heterocycles. The number of nitrogens with one attached hydrogen (secondary N) is 1. The molecular formula is C21H26N2O2. The van der Waals surface area contributed by atoms with Gasteiger partial charge in [-0.3, -0.25) is 4.79 Å². The molecule has 1 fully saturated rings. The van der Waals surface area contributed by atoms with Gasteiger partial charge < -0.3 is 15.0 Å². The molecule has 2 aromatic carbocycles. The Morgan fingerprint density at radius 2 is 1.92 bits per heavy atom. The van der Waals surface area contributed by atoms with Gasteiger partial charge in [-0.05, 0) is 37.1 Å². The fourth-order valence-corrected chi connectivity index (χ4v) is 3.28. The van der Waals surface area contributed by atoms with E-state index in [1.54, 1.807) is 0 Å². The van der Waals surface area contributed by atoms with Gasteiger partial charge in [0.1, 0.15) is 5.75 Å². The number of piperidine rings is 1. The summed E-state index contributed by atoms with van der Waals surface area (Å²) in [5.74, 6) is 0.858. The SMILES string of the molecule is CNC1CCCN(C(=O)COc2ccccc2Cc2ccccc2)C1. The summed E-state index contributed by atoms with van der Waals surface area (Å²) >= 11 is 0. The molecular weight excluding hydrogens is 312 g/mol. The van der Waals surface area contributed by atoms with Crippen molar-refractivity contribution in [2.24, 2.45) is 0 Å². The van der Waals surface area contributed by atoms with Crippen LogP contribution in [-0.4, -0.2) is 43.6 Å². The minimum atomic E-state index is 0.0643. The van der Waals surface area contributed by atoms with Gasteiger partial charge in [-0.15, -0.1) is 0 Å². The third-order valence-corrected chi connectivity index (χ3v) is 4.74. The highest BCUT2D eigenvalue weighted by atomic mass is 16.5. The maximum absolute atomic E-state index is 12.5. The van der Waals surface area contributed by atoms with E-state index >= 15 is 0 Å². The Balaban J connectivity index is 1.60. The van der Waals surface area contributed by atoms with E-state index in [-0.39, 0.29) is 12.5 Å². The van der Waals surface area contributed by atoms with Crippen molar-refractivity contribution in [3.8, 4) is 5.75 Å². The molecule has 1 amide bonds. The van der Waals surface area contributed by atoms with Crippen molar-refractivity contribution >= 4 is 5.91 Å². The molecule has 1 unspecified atom stereocenters. The van der Waals surface area contributed by atoms with Crippen molar-refractivity contribution in [3.63, 3.8) is 0 Å². The van der Waals surface area contributed by atoms with Crippen LogP contribution in [0.3, 0.4) is 0 Å². The van der Waals surface area contributed by atoms with Gasteiger partial charge in [-0.1, -0.05) is 48.5 Å². The molecule has 4 heteroatoms. The van der Waals surface area contributed by atoms with Crippen molar-refractivity contribution in [1.29, 1.82) is 0 Å². The van der Waals surface area contributed by atoms with Gasteiger partial charge in [-0.25, -0.2) is 0 Å². The summed E-state index contributed by atoms with van der Waals surface area (Å²) in [6.07, 6.45) is 2.97. The first-order valence-corrected chi connectivity index (χ1v) is 8.96. The zero-order valence-corrected chi connectivity index (χ0v) is 14.8. The maximum atomic E-state index is 12.5. The van der Waals surface area contributed by atoms with Crippen LogP contribution in [-0.2, 0) is 11.2 Å². The zero-order valence-electron chi connectivity index (χ0n) is 14.8. The molecule has 1 atom stereocenters. The summed E-state index contributed by atoms with van der Waals surface area (Å²) < 4.78 is 5.88. The van der Waals surface area contributed by atoms with Gasteiger partial charge in [0.2, 0.25) is 0 Å². The lowest BCUT2D eigenvalue weighted by molar-refractivity contribution is -0.134. The van der Waals surface area contributed by atoms with Crippen LogP contribution in [0, 0.1) is 0 Å². The number of carbonyl (C=O) groups is 1. The lowest BCUT2D eigenvalue weighted by Crippen LogP contribution is -2.48. The number of likely N-dealkylation sites (tertiary alicyclic amines) is 1. The van der Waals surface area contributed by atoms with Crippen LogP contribution in [0.5, 0.6) is 5.75 Å². The standard InChI is InChI=1S/C21H26N2O2/c1-22-19-11-7-13-23(15-19)21(24)16-25-20-12-6-5-10-18(20)14-17-8-3-2-4-9-17/h2-6,8-10,12,19,22H,7,11,13-16H2,1H3. The lowest BCUT2D eigenvalue weighted by Gasteiger charge is -2.32. The molecule has 0 spiro atoms. The number of likely N-dealkylation sites (N-methyl/N-ethyl adjacent to an activating group) is 1.